The number of rotatable bonds is 8. The van der Waals surface area contributed by atoms with Gasteiger partial charge in [-0.1, -0.05) is 78.6 Å². The normalized spacial score (nSPS) is 15.2. The van der Waals surface area contributed by atoms with Gasteiger partial charge in [-0.25, -0.2) is 0 Å². The number of thiocarbonyl (C=S) groups is 1. The van der Waals surface area contributed by atoms with E-state index in [2.05, 4.69) is 5.32 Å². The Labute approximate surface area is 185 Å². The van der Waals surface area contributed by atoms with Crippen molar-refractivity contribution in [3.05, 3.63) is 77.2 Å². The van der Waals surface area contributed by atoms with E-state index in [1.807, 2.05) is 54.6 Å². The highest BCUT2D eigenvalue weighted by Gasteiger charge is 2.31. The van der Waals surface area contributed by atoms with Crippen molar-refractivity contribution in [1.82, 2.24) is 4.90 Å². The van der Waals surface area contributed by atoms with Crippen molar-refractivity contribution in [3.8, 4) is 5.75 Å². The highest BCUT2D eigenvalue weighted by atomic mass is 32.2. The van der Waals surface area contributed by atoms with Gasteiger partial charge in [-0.05, 0) is 30.2 Å². The third-order valence-electron chi connectivity index (χ3n) is 4.38. The highest BCUT2D eigenvalue weighted by molar-refractivity contribution is 8.26. The number of ether oxygens (including phenoxy) is 1. The van der Waals surface area contributed by atoms with E-state index in [1.165, 1.54) is 11.8 Å². The second-order valence-electron chi connectivity index (χ2n) is 6.48. The summed E-state index contributed by atoms with van der Waals surface area (Å²) in [5.74, 6) is 0.357. The van der Waals surface area contributed by atoms with Gasteiger partial charge in [0.05, 0.1) is 17.7 Å². The quantitative estimate of drug-likeness (QED) is 0.471. The standard InChI is InChI=1S/C23H22N2O3S2/c1-28-19-13-6-5-12-18(19)24-21(26)15-8-16-25-22(27)20(30-23(25)29)14-7-11-17-9-3-2-4-10-17/h2-7,9-14H,8,15-16H2,1H3,(H,24,26)/b11-7+,20-14-. The van der Waals surface area contributed by atoms with Gasteiger partial charge in [0.1, 0.15) is 10.1 Å². The fourth-order valence-corrected chi connectivity index (χ4v) is 4.14. The molecule has 2 aromatic rings. The number of allylic oxidation sites excluding steroid dienone is 2. The molecular formula is C23H22N2O3S2. The zero-order valence-electron chi connectivity index (χ0n) is 16.5. The summed E-state index contributed by atoms with van der Waals surface area (Å²) in [6.45, 7) is 0.406. The van der Waals surface area contributed by atoms with E-state index in [1.54, 1.807) is 30.2 Å². The highest BCUT2D eigenvalue weighted by Crippen LogP contribution is 2.31. The van der Waals surface area contributed by atoms with E-state index in [9.17, 15) is 9.59 Å². The molecule has 0 unspecified atom stereocenters. The van der Waals surface area contributed by atoms with Crippen LogP contribution in [0.1, 0.15) is 18.4 Å². The Balaban J connectivity index is 1.50. The van der Waals surface area contributed by atoms with Crippen LogP contribution in [0.25, 0.3) is 6.08 Å². The summed E-state index contributed by atoms with van der Waals surface area (Å²) in [6.07, 6.45) is 6.36. The number of benzene rings is 2. The number of carbonyl (C=O) groups excluding carboxylic acids is 2. The third kappa shape index (κ3) is 5.81. The van der Waals surface area contributed by atoms with E-state index in [4.69, 9.17) is 17.0 Å². The Hall–Kier alpha value is -2.90. The van der Waals surface area contributed by atoms with Crippen molar-refractivity contribution >= 4 is 51.9 Å². The molecule has 154 valence electrons. The first-order valence-corrected chi connectivity index (χ1v) is 10.7. The lowest BCUT2D eigenvalue weighted by molar-refractivity contribution is -0.122. The van der Waals surface area contributed by atoms with Gasteiger partial charge in [0.25, 0.3) is 5.91 Å². The van der Waals surface area contributed by atoms with Gasteiger partial charge in [0, 0.05) is 13.0 Å². The molecule has 0 aromatic heterocycles. The smallest absolute Gasteiger partial charge is 0.266 e. The SMILES string of the molecule is COc1ccccc1NC(=O)CCCN1C(=O)/C(=C/C=C/c2ccccc2)SC1=S. The van der Waals surface area contributed by atoms with Crippen LogP contribution in [0.4, 0.5) is 5.69 Å². The van der Waals surface area contributed by atoms with Crippen molar-refractivity contribution in [2.45, 2.75) is 12.8 Å². The second-order valence-corrected chi connectivity index (χ2v) is 8.15. The molecule has 2 amide bonds. The number of nitrogens with zero attached hydrogens (tertiary/aromatic N) is 1. The molecule has 0 spiro atoms. The molecule has 1 aliphatic heterocycles. The van der Waals surface area contributed by atoms with Gasteiger partial charge in [-0.3, -0.25) is 14.5 Å². The van der Waals surface area contributed by atoms with Crippen LogP contribution in [-0.2, 0) is 9.59 Å². The van der Waals surface area contributed by atoms with Crippen molar-refractivity contribution in [3.63, 3.8) is 0 Å². The number of hydrogen-bond donors (Lipinski definition) is 1. The minimum absolute atomic E-state index is 0.118. The number of amides is 2. The first kappa shape index (κ1) is 21.8. The van der Waals surface area contributed by atoms with Gasteiger partial charge >= 0.3 is 0 Å². The molecule has 1 aliphatic rings. The summed E-state index contributed by atoms with van der Waals surface area (Å²) < 4.78 is 5.75. The molecular weight excluding hydrogens is 416 g/mol. The molecule has 3 rings (SSSR count). The molecule has 0 bridgehead atoms. The molecule has 0 aliphatic carbocycles. The Kier molecular flexibility index (Phi) is 7.82. The largest absolute Gasteiger partial charge is 0.495 e. The molecule has 1 fully saturated rings. The molecule has 1 heterocycles. The average molecular weight is 439 g/mol. The first-order valence-electron chi connectivity index (χ1n) is 9.48. The maximum absolute atomic E-state index is 12.6. The molecule has 7 heteroatoms. The maximum atomic E-state index is 12.6. The second kappa shape index (κ2) is 10.8. The lowest BCUT2D eigenvalue weighted by Gasteiger charge is -2.14. The summed E-state index contributed by atoms with van der Waals surface area (Å²) in [5.41, 5.74) is 1.69. The number of para-hydroxylation sites is 2. The van der Waals surface area contributed by atoms with E-state index in [-0.39, 0.29) is 18.2 Å². The third-order valence-corrected chi connectivity index (χ3v) is 5.77. The molecule has 0 atom stereocenters. The number of carbonyl (C=O) groups is 2. The summed E-state index contributed by atoms with van der Waals surface area (Å²) in [7, 11) is 1.56. The number of thioether (sulfide) groups is 1. The van der Waals surface area contributed by atoms with E-state index in [0.29, 0.717) is 33.6 Å². The van der Waals surface area contributed by atoms with Crippen molar-refractivity contribution in [2.75, 3.05) is 19.0 Å². The van der Waals surface area contributed by atoms with E-state index in [0.717, 1.165) is 5.56 Å². The number of nitrogens with one attached hydrogen (secondary N) is 1. The predicted molar refractivity (Wildman–Crippen MR) is 126 cm³/mol. The van der Waals surface area contributed by atoms with Gasteiger partial charge in [0.15, 0.2) is 0 Å². The van der Waals surface area contributed by atoms with Crippen LogP contribution in [0.3, 0.4) is 0 Å². The van der Waals surface area contributed by atoms with Crippen LogP contribution in [0.2, 0.25) is 0 Å². The molecule has 5 nitrogen and oxygen atoms in total. The number of anilines is 1. The molecule has 1 saturated heterocycles. The molecule has 1 N–H and O–H groups in total. The number of methoxy groups -OCH3 is 1. The summed E-state index contributed by atoms with van der Waals surface area (Å²) in [4.78, 5) is 27.0. The lowest BCUT2D eigenvalue weighted by atomic mass is 10.2. The monoisotopic (exact) mass is 438 g/mol. The molecule has 30 heavy (non-hydrogen) atoms. The zero-order valence-corrected chi connectivity index (χ0v) is 18.2. The maximum Gasteiger partial charge on any atom is 0.266 e. The van der Waals surface area contributed by atoms with Crippen LogP contribution < -0.4 is 10.1 Å². The summed E-state index contributed by atoms with van der Waals surface area (Å²) in [5, 5.41) is 2.84. The predicted octanol–water partition coefficient (Wildman–Crippen LogP) is 4.87. The van der Waals surface area contributed by atoms with Crippen LogP contribution in [0, 0.1) is 0 Å². The Morgan fingerprint density at radius 2 is 1.90 bits per heavy atom. The van der Waals surface area contributed by atoms with Crippen LogP contribution in [-0.4, -0.2) is 34.7 Å². The minimum Gasteiger partial charge on any atom is -0.495 e. The zero-order chi connectivity index (χ0) is 21.3. The first-order chi connectivity index (χ1) is 14.6. The van der Waals surface area contributed by atoms with E-state index >= 15 is 0 Å². The molecule has 2 aromatic carbocycles. The fourth-order valence-electron chi connectivity index (χ4n) is 2.88. The van der Waals surface area contributed by atoms with Crippen molar-refractivity contribution < 1.29 is 14.3 Å². The van der Waals surface area contributed by atoms with E-state index < -0.39 is 0 Å². The number of hydrogen-bond acceptors (Lipinski definition) is 5. The summed E-state index contributed by atoms with van der Waals surface area (Å²) in [6, 6.07) is 17.1. The van der Waals surface area contributed by atoms with Crippen molar-refractivity contribution in [2.24, 2.45) is 0 Å². The van der Waals surface area contributed by atoms with Crippen molar-refractivity contribution in [1.29, 1.82) is 0 Å². The fraction of sp³-hybridized carbons (Fsp3) is 0.174. The van der Waals surface area contributed by atoms with Crippen LogP contribution >= 0.6 is 24.0 Å². The molecule has 0 radical (unpaired) electrons. The minimum atomic E-state index is -0.133. The van der Waals surface area contributed by atoms with Crippen LogP contribution in [0.5, 0.6) is 5.75 Å². The lowest BCUT2D eigenvalue weighted by Crippen LogP contribution is -2.29. The summed E-state index contributed by atoms with van der Waals surface area (Å²) >= 11 is 6.63. The van der Waals surface area contributed by atoms with Crippen LogP contribution in [0.15, 0.2) is 71.7 Å². The topological polar surface area (TPSA) is 58.6 Å². The van der Waals surface area contributed by atoms with Gasteiger partial charge in [-0.2, -0.15) is 0 Å². The Morgan fingerprint density at radius 3 is 2.67 bits per heavy atom. The van der Waals surface area contributed by atoms with Gasteiger partial charge in [-0.15, -0.1) is 0 Å². The average Bonchev–Trinajstić information content (AvgIpc) is 3.02. The van der Waals surface area contributed by atoms with Gasteiger partial charge in [0.2, 0.25) is 5.91 Å². The molecule has 0 saturated carbocycles. The van der Waals surface area contributed by atoms with Gasteiger partial charge < -0.3 is 10.1 Å². The Bertz CT molecular complexity index is 987. The Morgan fingerprint density at radius 1 is 1.17 bits per heavy atom.